The van der Waals surface area contributed by atoms with Crippen molar-refractivity contribution in [3.63, 3.8) is 0 Å². The van der Waals surface area contributed by atoms with Crippen molar-refractivity contribution in [1.82, 2.24) is 0 Å². The molecule has 3 atom stereocenters. The highest BCUT2D eigenvalue weighted by Crippen LogP contribution is 2.01. The molecule has 0 unspecified atom stereocenters. The van der Waals surface area contributed by atoms with E-state index in [4.69, 9.17) is 21.8 Å². The van der Waals surface area contributed by atoms with Gasteiger partial charge in [-0.05, 0) is 0 Å². The maximum Gasteiger partial charge on any atom is 0.122 e. The average Bonchev–Trinajstić information content (AvgIpc) is 2.00. The van der Waals surface area contributed by atoms with Crippen LogP contribution in [-0.4, -0.2) is 51.6 Å². The number of rotatable bonds is 5. The second kappa shape index (κ2) is 5.20. The first-order chi connectivity index (χ1) is 5.49. The van der Waals surface area contributed by atoms with E-state index in [9.17, 15) is 4.79 Å². The molecule has 0 radical (unpaired) electrons. The lowest BCUT2D eigenvalue weighted by molar-refractivity contribution is -0.115. The summed E-state index contributed by atoms with van der Waals surface area (Å²) in [6.45, 7) is -0.704. The number of aliphatic hydroxyl groups is 4. The van der Waals surface area contributed by atoms with Crippen molar-refractivity contribution in [1.29, 1.82) is 0 Å². The van der Waals surface area contributed by atoms with Crippen molar-refractivity contribution in [2.75, 3.05) is 6.61 Å². The minimum atomic E-state index is -1.59. The van der Waals surface area contributed by atoms with Crippen molar-refractivity contribution < 1.29 is 26.6 Å². The molecule has 0 aliphatic rings. The van der Waals surface area contributed by atoms with Gasteiger partial charge >= 0.3 is 0 Å². The Morgan fingerprint density at radius 1 is 1.36 bits per heavy atom. The molecule has 0 heterocycles. The number of hydrogen-bond acceptors (Lipinski definition) is 5. The third-order valence-corrected chi connectivity index (χ3v) is 1.27. The lowest BCUT2D eigenvalue weighted by Crippen LogP contribution is -2.39. The van der Waals surface area contributed by atoms with E-state index in [0.717, 1.165) is 0 Å². The van der Waals surface area contributed by atoms with E-state index in [1.165, 1.54) is 0 Å². The Balaban J connectivity index is 3.91. The summed E-state index contributed by atoms with van der Waals surface area (Å²) in [4.78, 5) is 10.1. The molecule has 0 saturated carbocycles. The fourth-order valence-corrected chi connectivity index (χ4v) is 0.571. The number of carbonyl (C=O) groups excluding carboxylic acids is 1. The first kappa shape index (κ1) is 8.61. The van der Waals surface area contributed by atoms with E-state index in [1.807, 2.05) is 0 Å². The lowest BCUT2D eigenvalue weighted by atomic mass is 10.1. The molecule has 5 nitrogen and oxygen atoms in total. The molecule has 0 fully saturated rings. The summed E-state index contributed by atoms with van der Waals surface area (Å²) in [5, 5.41) is 35.0. The highest BCUT2D eigenvalue weighted by Gasteiger charge is 2.23. The van der Waals surface area contributed by atoms with Gasteiger partial charge in [-0.2, -0.15) is 0 Å². The van der Waals surface area contributed by atoms with Gasteiger partial charge in [-0.1, -0.05) is 0 Å². The van der Waals surface area contributed by atoms with Crippen LogP contribution in [0.15, 0.2) is 0 Å². The molecule has 0 saturated heterocycles. The SMILES string of the molecule is [2H]C(=O)C[C@H](O)[C@H](O)[C@H](O)CO. The van der Waals surface area contributed by atoms with Crippen molar-refractivity contribution in [2.24, 2.45) is 0 Å². The minimum absolute atomic E-state index is 0.557. The molecule has 11 heavy (non-hydrogen) atoms. The topological polar surface area (TPSA) is 98.0 Å². The highest BCUT2D eigenvalue weighted by molar-refractivity contribution is 5.50. The zero-order valence-electron chi connectivity index (χ0n) is 6.84. The van der Waals surface area contributed by atoms with Gasteiger partial charge in [-0.15, -0.1) is 0 Å². The molecule has 5 heteroatoms. The molecular weight excluding hydrogens is 152 g/mol. The van der Waals surface area contributed by atoms with E-state index in [-0.39, 0.29) is 0 Å². The molecule has 0 amide bonds. The summed E-state index contributed by atoms with van der Waals surface area (Å²) in [6, 6.07) is 0. The zero-order valence-corrected chi connectivity index (χ0v) is 5.84. The van der Waals surface area contributed by atoms with Gasteiger partial charge in [0, 0.05) is 6.42 Å². The molecule has 0 aromatic heterocycles. The lowest BCUT2D eigenvalue weighted by Gasteiger charge is -2.19. The third-order valence-electron chi connectivity index (χ3n) is 1.27. The monoisotopic (exact) mass is 165 g/mol. The van der Waals surface area contributed by atoms with E-state index in [2.05, 4.69) is 0 Å². The second-order valence-corrected chi connectivity index (χ2v) is 2.16. The van der Waals surface area contributed by atoms with Gasteiger partial charge in [0.05, 0.1) is 12.7 Å². The van der Waals surface area contributed by atoms with Gasteiger partial charge in [0.1, 0.15) is 19.8 Å². The first-order valence-electron chi connectivity index (χ1n) is 3.63. The summed E-state index contributed by atoms with van der Waals surface area (Å²) in [7, 11) is 0. The van der Waals surface area contributed by atoms with Gasteiger partial charge in [0.15, 0.2) is 0 Å². The predicted molar refractivity (Wildman–Crippen MR) is 35.8 cm³/mol. The highest BCUT2D eigenvalue weighted by atomic mass is 16.4. The molecule has 0 aliphatic carbocycles. The van der Waals surface area contributed by atoms with Crippen LogP contribution in [0.1, 0.15) is 7.79 Å². The average molecular weight is 165 g/mol. The van der Waals surface area contributed by atoms with E-state index < -0.39 is 37.6 Å². The fourth-order valence-electron chi connectivity index (χ4n) is 0.571. The van der Waals surface area contributed by atoms with E-state index in [0.29, 0.717) is 0 Å². The van der Waals surface area contributed by atoms with Crippen LogP contribution in [-0.2, 0) is 4.79 Å². The molecule has 0 spiro atoms. The Hall–Kier alpha value is -0.490. The molecule has 66 valence electrons. The van der Waals surface area contributed by atoms with Crippen molar-refractivity contribution in [3.8, 4) is 0 Å². The quantitative estimate of drug-likeness (QED) is 0.342. The van der Waals surface area contributed by atoms with Crippen LogP contribution in [0.4, 0.5) is 0 Å². The van der Waals surface area contributed by atoms with Crippen LogP contribution >= 0.6 is 0 Å². The number of carbonyl (C=O) groups is 1. The van der Waals surface area contributed by atoms with Crippen LogP contribution in [0.5, 0.6) is 0 Å². The van der Waals surface area contributed by atoms with E-state index >= 15 is 0 Å². The van der Waals surface area contributed by atoms with Crippen LogP contribution in [0.2, 0.25) is 0 Å². The van der Waals surface area contributed by atoms with Crippen LogP contribution < -0.4 is 0 Å². The van der Waals surface area contributed by atoms with Gasteiger partial charge < -0.3 is 25.2 Å². The third kappa shape index (κ3) is 3.43. The summed E-state index contributed by atoms with van der Waals surface area (Å²) >= 11 is 0. The van der Waals surface area contributed by atoms with Gasteiger partial charge in [0.25, 0.3) is 0 Å². The van der Waals surface area contributed by atoms with Gasteiger partial charge in [-0.3, -0.25) is 0 Å². The summed E-state index contributed by atoms with van der Waals surface area (Å²) in [5.74, 6) is 0. The molecular formula is C6H12O5. The normalized spacial score (nSPS) is 20.2. The summed E-state index contributed by atoms with van der Waals surface area (Å²) in [5.41, 5.74) is 0. The number of hydrogen-bond donors (Lipinski definition) is 4. The standard InChI is InChI=1S/C6H12O5/c7-2-1-4(9)6(11)5(10)3-8/h2,4-6,8-11H,1,3H2/t4-,5+,6-/m0/s1/i2D. The Morgan fingerprint density at radius 2 is 1.91 bits per heavy atom. The largest absolute Gasteiger partial charge is 0.394 e. The Kier molecular flexibility index (Phi) is 4.07. The van der Waals surface area contributed by atoms with Crippen molar-refractivity contribution >= 4 is 6.26 Å². The Morgan fingerprint density at radius 3 is 2.27 bits per heavy atom. The Bertz CT molecular complexity index is 151. The Labute approximate surface area is 65.3 Å². The molecule has 0 aliphatic heterocycles. The first-order valence-corrected chi connectivity index (χ1v) is 3.13. The second-order valence-electron chi connectivity index (χ2n) is 2.16. The number of aldehydes is 1. The van der Waals surface area contributed by atoms with Crippen LogP contribution in [0.25, 0.3) is 0 Å². The van der Waals surface area contributed by atoms with Gasteiger partial charge in [-0.25, -0.2) is 0 Å². The van der Waals surface area contributed by atoms with Crippen molar-refractivity contribution in [2.45, 2.75) is 24.7 Å². The zero-order chi connectivity index (χ0) is 9.72. The molecule has 4 N–H and O–H groups in total. The van der Waals surface area contributed by atoms with E-state index in [1.54, 1.807) is 0 Å². The minimum Gasteiger partial charge on any atom is -0.394 e. The fraction of sp³-hybridized carbons (Fsp3) is 0.833. The van der Waals surface area contributed by atoms with Gasteiger partial charge in [0.2, 0.25) is 0 Å². The summed E-state index contributed by atoms with van der Waals surface area (Å²) < 4.78 is 6.45. The number of aliphatic hydroxyl groups excluding tert-OH is 4. The molecule has 0 rings (SSSR count). The van der Waals surface area contributed by atoms with Crippen LogP contribution in [0, 0.1) is 0 Å². The maximum atomic E-state index is 10.1. The van der Waals surface area contributed by atoms with Crippen LogP contribution in [0.3, 0.4) is 0 Å². The smallest absolute Gasteiger partial charge is 0.122 e. The molecule has 0 aromatic carbocycles. The predicted octanol–water partition coefficient (Wildman–Crippen LogP) is -2.35. The maximum absolute atomic E-state index is 10.1. The molecule has 0 aromatic rings. The summed E-state index contributed by atoms with van der Waals surface area (Å²) in [6.07, 6.45) is -6.18. The van der Waals surface area contributed by atoms with Crippen molar-refractivity contribution in [3.05, 3.63) is 0 Å². The molecule has 0 bridgehead atoms.